The number of nitrogens with zero attached hydrogens (tertiary/aromatic N) is 3. The summed E-state index contributed by atoms with van der Waals surface area (Å²) < 4.78 is 7.50. The maximum absolute atomic E-state index is 5.67. The lowest BCUT2D eigenvalue weighted by atomic mass is 10.2. The van der Waals surface area contributed by atoms with Gasteiger partial charge in [-0.15, -0.1) is 5.10 Å². The quantitative estimate of drug-likeness (QED) is 0.467. The smallest absolute Gasteiger partial charge is 0.139 e. The Morgan fingerprint density at radius 2 is 1.61 bits per heavy atom. The lowest BCUT2D eigenvalue weighted by Crippen LogP contribution is -2.06. The number of ether oxygens (including phenoxy) is 1. The fourth-order valence-corrected chi connectivity index (χ4v) is 2.91. The molecule has 0 saturated heterocycles. The van der Waals surface area contributed by atoms with E-state index >= 15 is 0 Å². The molecule has 1 heterocycles. The maximum atomic E-state index is 5.67. The lowest BCUT2D eigenvalue weighted by Gasteiger charge is -2.03. The molecule has 4 nitrogen and oxygen atoms in total. The predicted molar refractivity (Wildman–Crippen MR) is 92.1 cm³/mol. The van der Waals surface area contributed by atoms with Gasteiger partial charge in [0.15, 0.2) is 0 Å². The molecule has 0 radical (unpaired) electrons. The topological polar surface area (TPSA) is 39.9 Å². The highest BCUT2D eigenvalue weighted by Gasteiger charge is 2.02. The van der Waals surface area contributed by atoms with Crippen LogP contribution >= 0.6 is 11.8 Å². The van der Waals surface area contributed by atoms with Gasteiger partial charge in [0.2, 0.25) is 0 Å². The minimum atomic E-state index is 0.626. The normalized spacial score (nSPS) is 10.8. The number of thioether (sulfide) groups is 1. The van der Waals surface area contributed by atoms with Gasteiger partial charge in [-0.25, -0.2) is 4.68 Å². The van der Waals surface area contributed by atoms with Crippen LogP contribution in [0.4, 0.5) is 0 Å². The number of hydrogen-bond acceptors (Lipinski definition) is 4. The SMILES string of the molecule is c1ccc(COCCn2cc(SCc3ccccc3)nn2)cc1. The zero-order valence-corrected chi connectivity index (χ0v) is 13.7. The van der Waals surface area contributed by atoms with Crippen molar-refractivity contribution >= 4 is 11.8 Å². The summed E-state index contributed by atoms with van der Waals surface area (Å²) in [5.74, 6) is 0.907. The van der Waals surface area contributed by atoms with Crippen LogP contribution < -0.4 is 0 Å². The minimum absolute atomic E-state index is 0.626. The van der Waals surface area contributed by atoms with E-state index in [4.69, 9.17) is 4.74 Å². The fourth-order valence-electron chi connectivity index (χ4n) is 2.11. The van der Waals surface area contributed by atoms with Crippen LogP contribution in [0.2, 0.25) is 0 Å². The summed E-state index contributed by atoms with van der Waals surface area (Å²) in [5, 5.41) is 9.27. The molecule has 0 amide bonds. The molecule has 23 heavy (non-hydrogen) atoms. The second kappa shape index (κ2) is 8.50. The van der Waals surface area contributed by atoms with E-state index in [0.717, 1.165) is 10.8 Å². The number of hydrogen-bond donors (Lipinski definition) is 0. The van der Waals surface area contributed by atoms with Gasteiger partial charge in [0.1, 0.15) is 5.03 Å². The largest absolute Gasteiger partial charge is 0.375 e. The summed E-state index contributed by atoms with van der Waals surface area (Å²) in [7, 11) is 0. The highest BCUT2D eigenvalue weighted by molar-refractivity contribution is 7.98. The standard InChI is InChI=1S/C18H19N3OS/c1-3-7-16(8-4-1)14-22-12-11-21-13-18(19-20-21)23-15-17-9-5-2-6-10-17/h1-10,13H,11-12,14-15H2. The second-order valence-electron chi connectivity index (χ2n) is 5.13. The fraction of sp³-hybridized carbons (Fsp3) is 0.222. The van der Waals surface area contributed by atoms with Crippen LogP contribution in [0.15, 0.2) is 71.9 Å². The van der Waals surface area contributed by atoms with E-state index < -0.39 is 0 Å². The number of benzene rings is 2. The summed E-state index contributed by atoms with van der Waals surface area (Å²) in [6.07, 6.45) is 1.97. The van der Waals surface area contributed by atoms with Crippen LogP contribution in [-0.4, -0.2) is 21.6 Å². The van der Waals surface area contributed by atoms with Crippen LogP contribution in [0.5, 0.6) is 0 Å². The molecule has 3 aromatic rings. The summed E-state index contributed by atoms with van der Waals surface area (Å²) in [4.78, 5) is 0. The van der Waals surface area contributed by atoms with E-state index in [1.807, 2.05) is 35.1 Å². The van der Waals surface area contributed by atoms with Crippen molar-refractivity contribution in [3.05, 3.63) is 78.0 Å². The summed E-state index contributed by atoms with van der Waals surface area (Å²) in [5.41, 5.74) is 2.48. The zero-order chi connectivity index (χ0) is 15.7. The molecular weight excluding hydrogens is 306 g/mol. The Morgan fingerprint density at radius 3 is 2.35 bits per heavy atom. The van der Waals surface area contributed by atoms with E-state index in [9.17, 15) is 0 Å². The first kappa shape index (κ1) is 15.8. The van der Waals surface area contributed by atoms with Gasteiger partial charge in [0, 0.05) is 5.75 Å². The number of rotatable bonds is 8. The van der Waals surface area contributed by atoms with Crippen molar-refractivity contribution in [3.8, 4) is 0 Å². The Kier molecular flexibility index (Phi) is 5.83. The summed E-state index contributed by atoms with van der Waals surface area (Å²) in [6, 6.07) is 20.5. The molecule has 0 N–H and O–H groups in total. The molecule has 1 aromatic heterocycles. The average Bonchev–Trinajstić information content (AvgIpc) is 3.07. The van der Waals surface area contributed by atoms with Gasteiger partial charge < -0.3 is 4.74 Å². The molecular formula is C18H19N3OS. The first-order valence-electron chi connectivity index (χ1n) is 7.59. The lowest BCUT2D eigenvalue weighted by molar-refractivity contribution is 0.110. The van der Waals surface area contributed by atoms with Gasteiger partial charge in [-0.3, -0.25) is 0 Å². The van der Waals surface area contributed by atoms with Crippen LogP contribution in [0.3, 0.4) is 0 Å². The van der Waals surface area contributed by atoms with E-state index in [0.29, 0.717) is 19.8 Å². The molecule has 5 heteroatoms. The van der Waals surface area contributed by atoms with Crippen molar-refractivity contribution in [2.45, 2.75) is 23.9 Å². The molecule has 0 bridgehead atoms. The van der Waals surface area contributed by atoms with Crippen molar-refractivity contribution in [2.24, 2.45) is 0 Å². The molecule has 0 aliphatic rings. The molecule has 0 fully saturated rings. The molecule has 0 saturated carbocycles. The first-order valence-corrected chi connectivity index (χ1v) is 8.57. The summed E-state index contributed by atoms with van der Waals surface area (Å²) >= 11 is 1.70. The van der Waals surface area contributed by atoms with Gasteiger partial charge in [-0.2, -0.15) is 0 Å². The first-order chi connectivity index (χ1) is 11.4. The summed E-state index contributed by atoms with van der Waals surface area (Å²) in [6.45, 7) is 1.97. The monoisotopic (exact) mass is 325 g/mol. The molecule has 118 valence electrons. The van der Waals surface area contributed by atoms with Crippen LogP contribution in [0.25, 0.3) is 0 Å². The maximum Gasteiger partial charge on any atom is 0.139 e. The Morgan fingerprint density at radius 1 is 0.913 bits per heavy atom. The molecule has 0 aliphatic carbocycles. The van der Waals surface area contributed by atoms with Gasteiger partial charge in [0.25, 0.3) is 0 Å². The highest BCUT2D eigenvalue weighted by Crippen LogP contribution is 2.19. The van der Waals surface area contributed by atoms with Gasteiger partial charge in [-0.1, -0.05) is 77.6 Å². The van der Waals surface area contributed by atoms with Crippen LogP contribution in [0, 0.1) is 0 Å². The molecule has 3 rings (SSSR count). The highest BCUT2D eigenvalue weighted by atomic mass is 32.2. The third-order valence-corrected chi connectivity index (χ3v) is 4.28. The van der Waals surface area contributed by atoms with E-state index in [1.165, 1.54) is 11.1 Å². The average molecular weight is 325 g/mol. The third kappa shape index (κ3) is 5.23. The van der Waals surface area contributed by atoms with Gasteiger partial charge >= 0.3 is 0 Å². The van der Waals surface area contributed by atoms with Crippen LogP contribution in [-0.2, 0) is 23.6 Å². The van der Waals surface area contributed by atoms with E-state index in [-0.39, 0.29) is 0 Å². The van der Waals surface area contributed by atoms with E-state index in [1.54, 1.807) is 11.8 Å². The Balaban J connectivity index is 1.39. The van der Waals surface area contributed by atoms with Crippen molar-refractivity contribution in [3.63, 3.8) is 0 Å². The van der Waals surface area contributed by atoms with E-state index in [2.05, 4.69) is 46.7 Å². The molecule has 0 unspecified atom stereocenters. The van der Waals surface area contributed by atoms with Crippen LogP contribution in [0.1, 0.15) is 11.1 Å². The molecule has 0 aliphatic heterocycles. The van der Waals surface area contributed by atoms with Crippen molar-refractivity contribution < 1.29 is 4.74 Å². The van der Waals surface area contributed by atoms with Crippen molar-refractivity contribution in [2.75, 3.05) is 6.61 Å². The number of aromatic nitrogens is 3. The third-order valence-electron chi connectivity index (χ3n) is 3.32. The predicted octanol–water partition coefficient (Wildman–Crippen LogP) is 3.79. The van der Waals surface area contributed by atoms with Crippen molar-refractivity contribution in [1.29, 1.82) is 0 Å². The Labute approximate surface area is 140 Å². The molecule has 0 atom stereocenters. The van der Waals surface area contributed by atoms with Gasteiger partial charge in [0.05, 0.1) is 26.0 Å². The van der Waals surface area contributed by atoms with Gasteiger partial charge in [-0.05, 0) is 11.1 Å². The van der Waals surface area contributed by atoms with Crippen molar-refractivity contribution in [1.82, 2.24) is 15.0 Å². The Bertz CT molecular complexity index is 701. The Hall–Kier alpha value is -2.11. The molecule has 0 spiro atoms. The minimum Gasteiger partial charge on any atom is -0.375 e. The molecule has 2 aromatic carbocycles. The zero-order valence-electron chi connectivity index (χ0n) is 12.8. The second-order valence-corrected chi connectivity index (χ2v) is 6.13.